The molecule has 4 rings (SSSR count). The molecule has 1 aromatic carbocycles. The van der Waals surface area contributed by atoms with Gasteiger partial charge in [0.1, 0.15) is 5.60 Å². The van der Waals surface area contributed by atoms with E-state index in [1.807, 2.05) is 57.6 Å². The minimum Gasteiger partial charge on any atom is -0.444 e. The van der Waals surface area contributed by atoms with E-state index in [0.29, 0.717) is 24.8 Å². The highest BCUT2D eigenvalue weighted by molar-refractivity contribution is 5.85. The van der Waals surface area contributed by atoms with Gasteiger partial charge in [0, 0.05) is 37.0 Å². The Morgan fingerprint density at radius 1 is 1.24 bits per heavy atom. The molecule has 8 nitrogen and oxygen atoms in total. The summed E-state index contributed by atoms with van der Waals surface area (Å²) in [5, 5.41) is 9.76. The van der Waals surface area contributed by atoms with Crippen molar-refractivity contribution in [2.45, 2.75) is 52.1 Å². The zero-order chi connectivity index (χ0) is 20.8. The second-order valence-electron chi connectivity index (χ2n) is 8.64. The Labute approximate surface area is 169 Å². The first-order valence-corrected chi connectivity index (χ1v) is 9.96. The molecule has 1 amide bonds. The Hall–Kier alpha value is -2.90. The van der Waals surface area contributed by atoms with Crippen LogP contribution in [0.3, 0.4) is 0 Å². The van der Waals surface area contributed by atoms with E-state index >= 15 is 0 Å². The van der Waals surface area contributed by atoms with Crippen molar-refractivity contribution in [2.75, 3.05) is 13.1 Å². The van der Waals surface area contributed by atoms with Crippen LogP contribution in [0.1, 0.15) is 51.1 Å². The van der Waals surface area contributed by atoms with Gasteiger partial charge < -0.3 is 14.2 Å². The van der Waals surface area contributed by atoms with Crippen molar-refractivity contribution < 1.29 is 14.1 Å². The summed E-state index contributed by atoms with van der Waals surface area (Å²) in [6.45, 7) is 8.87. The lowest BCUT2D eigenvalue weighted by Gasteiger charge is -2.32. The van der Waals surface area contributed by atoms with E-state index in [2.05, 4.69) is 15.2 Å². The maximum Gasteiger partial charge on any atom is 0.410 e. The molecule has 1 aliphatic heterocycles. The highest BCUT2D eigenvalue weighted by Gasteiger charge is 2.30. The van der Waals surface area contributed by atoms with Gasteiger partial charge in [-0.3, -0.25) is 4.68 Å². The van der Waals surface area contributed by atoms with Crippen LogP contribution in [0.2, 0.25) is 0 Å². The van der Waals surface area contributed by atoms with Crippen molar-refractivity contribution in [2.24, 2.45) is 7.05 Å². The number of hydrogen-bond donors (Lipinski definition) is 0. The number of piperidine rings is 1. The van der Waals surface area contributed by atoms with Crippen LogP contribution in [-0.2, 0) is 11.8 Å². The topological polar surface area (TPSA) is 86.3 Å². The lowest BCUT2D eigenvalue weighted by Crippen LogP contribution is -2.41. The number of hydrogen-bond acceptors (Lipinski definition) is 6. The molecule has 0 atom stereocenters. The van der Waals surface area contributed by atoms with Gasteiger partial charge in [0.15, 0.2) is 0 Å². The van der Waals surface area contributed by atoms with Gasteiger partial charge in [-0.2, -0.15) is 10.1 Å². The van der Waals surface area contributed by atoms with Crippen molar-refractivity contribution in [3.63, 3.8) is 0 Å². The Kier molecular flexibility index (Phi) is 4.80. The second-order valence-corrected chi connectivity index (χ2v) is 8.64. The minimum atomic E-state index is -0.483. The summed E-state index contributed by atoms with van der Waals surface area (Å²) >= 11 is 0. The third kappa shape index (κ3) is 3.97. The molecule has 154 valence electrons. The normalized spacial score (nSPS) is 15.8. The van der Waals surface area contributed by atoms with Crippen LogP contribution in [0.5, 0.6) is 0 Å². The van der Waals surface area contributed by atoms with Crippen LogP contribution in [0.15, 0.2) is 22.7 Å². The van der Waals surface area contributed by atoms with E-state index in [4.69, 9.17) is 9.26 Å². The van der Waals surface area contributed by atoms with Crippen LogP contribution in [-0.4, -0.2) is 49.6 Å². The SMILES string of the molecule is Cc1nn(C)c2cc(-c3noc(C4CCN(C(=O)OC(C)(C)C)CC4)n3)ccc12. The fourth-order valence-electron chi connectivity index (χ4n) is 3.73. The largest absolute Gasteiger partial charge is 0.444 e. The molecule has 0 bridgehead atoms. The number of amides is 1. The maximum atomic E-state index is 12.2. The quantitative estimate of drug-likeness (QED) is 0.648. The number of carbonyl (C=O) groups is 1. The molecule has 1 fully saturated rings. The third-order valence-corrected chi connectivity index (χ3v) is 5.23. The van der Waals surface area contributed by atoms with Gasteiger partial charge in [0.25, 0.3) is 0 Å². The van der Waals surface area contributed by atoms with Crippen molar-refractivity contribution in [3.05, 3.63) is 29.8 Å². The fraction of sp³-hybridized carbons (Fsp3) is 0.524. The van der Waals surface area contributed by atoms with E-state index in [-0.39, 0.29) is 12.0 Å². The van der Waals surface area contributed by atoms with Crippen LogP contribution in [0.25, 0.3) is 22.3 Å². The summed E-state index contributed by atoms with van der Waals surface area (Å²) in [5.41, 5.74) is 2.46. The number of aryl methyl sites for hydroxylation is 2. The number of fused-ring (bicyclic) bond motifs is 1. The zero-order valence-corrected chi connectivity index (χ0v) is 17.6. The molecular weight excluding hydrogens is 370 g/mol. The predicted octanol–water partition coefficient (Wildman–Crippen LogP) is 4.05. The standard InChI is InChI=1S/C21H27N5O3/c1-13-16-7-6-15(12-17(16)25(5)23-13)18-22-19(29-24-18)14-8-10-26(11-9-14)20(27)28-21(2,3)4/h6-7,12,14H,8-11H2,1-5H3. The second kappa shape index (κ2) is 7.17. The Morgan fingerprint density at radius 2 is 1.97 bits per heavy atom. The molecule has 3 heterocycles. The molecule has 0 N–H and O–H groups in total. The molecule has 0 radical (unpaired) electrons. The van der Waals surface area contributed by atoms with Gasteiger partial charge in [-0.25, -0.2) is 4.79 Å². The van der Waals surface area contributed by atoms with Crippen LogP contribution < -0.4 is 0 Å². The summed E-state index contributed by atoms with van der Waals surface area (Å²) < 4.78 is 12.9. The Bertz CT molecular complexity index is 1040. The molecule has 0 unspecified atom stereocenters. The minimum absolute atomic E-state index is 0.151. The average Bonchev–Trinajstić information content (AvgIpc) is 3.26. The highest BCUT2D eigenvalue weighted by Crippen LogP contribution is 2.30. The molecule has 1 aliphatic rings. The van der Waals surface area contributed by atoms with E-state index in [0.717, 1.165) is 35.0 Å². The Balaban J connectivity index is 1.45. The zero-order valence-electron chi connectivity index (χ0n) is 17.6. The van der Waals surface area contributed by atoms with Crippen molar-refractivity contribution in [3.8, 4) is 11.4 Å². The number of rotatable bonds is 2. The first kappa shape index (κ1) is 19.4. The number of ether oxygens (including phenoxy) is 1. The first-order chi connectivity index (χ1) is 13.7. The molecule has 0 spiro atoms. The van der Waals surface area contributed by atoms with Gasteiger partial charge in [-0.1, -0.05) is 17.3 Å². The third-order valence-electron chi connectivity index (χ3n) is 5.23. The number of aromatic nitrogens is 4. The molecule has 0 saturated carbocycles. The van der Waals surface area contributed by atoms with Crippen molar-refractivity contribution in [1.82, 2.24) is 24.8 Å². The number of nitrogens with zero attached hydrogens (tertiary/aromatic N) is 5. The predicted molar refractivity (Wildman–Crippen MR) is 109 cm³/mol. The average molecular weight is 397 g/mol. The van der Waals surface area contributed by atoms with E-state index in [1.165, 1.54) is 0 Å². The fourth-order valence-corrected chi connectivity index (χ4v) is 3.73. The van der Waals surface area contributed by atoms with E-state index in [9.17, 15) is 4.79 Å². The van der Waals surface area contributed by atoms with Gasteiger partial charge in [0.2, 0.25) is 11.7 Å². The molecule has 1 saturated heterocycles. The van der Waals surface area contributed by atoms with Gasteiger partial charge in [-0.15, -0.1) is 0 Å². The van der Waals surface area contributed by atoms with Gasteiger partial charge in [-0.05, 0) is 46.6 Å². The van der Waals surface area contributed by atoms with Crippen molar-refractivity contribution >= 4 is 17.0 Å². The molecule has 29 heavy (non-hydrogen) atoms. The lowest BCUT2D eigenvalue weighted by atomic mass is 9.97. The van der Waals surface area contributed by atoms with Crippen LogP contribution >= 0.6 is 0 Å². The summed E-state index contributed by atoms with van der Waals surface area (Å²) in [6.07, 6.45) is 1.30. The number of likely N-dealkylation sites (tertiary alicyclic amines) is 1. The summed E-state index contributed by atoms with van der Waals surface area (Å²) in [7, 11) is 1.93. The highest BCUT2D eigenvalue weighted by atomic mass is 16.6. The van der Waals surface area contributed by atoms with Crippen LogP contribution in [0, 0.1) is 6.92 Å². The first-order valence-electron chi connectivity index (χ1n) is 9.96. The van der Waals surface area contributed by atoms with Gasteiger partial charge >= 0.3 is 6.09 Å². The number of carbonyl (C=O) groups excluding carboxylic acids is 1. The summed E-state index contributed by atoms with van der Waals surface area (Å²) in [4.78, 5) is 18.6. The molecular formula is C21H27N5O3. The molecule has 8 heteroatoms. The van der Waals surface area contributed by atoms with Crippen LogP contribution in [0.4, 0.5) is 4.79 Å². The van der Waals surface area contributed by atoms with Crippen molar-refractivity contribution in [1.29, 1.82) is 0 Å². The van der Waals surface area contributed by atoms with Gasteiger partial charge in [0.05, 0.1) is 11.2 Å². The Morgan fingerprint density at radius 3 is 2.66 bits per heavy atom. The number of benzene rings is 1. The smallest absolute Gasteiger partial charge is 0.410 e. The molecule has 3 aromatic rings. The summed E-state index contributed by atoms with van der Waals surface area (Å²) in [5.74, 6) is 1.36. The molecule has 0 aliphatic carbocycles. The van der Waals surface area contributed by atoms with E-state index < -0.39 is 5.60 Å². The molecule has 2 aromatic heterocycles. The van der Waals surface area contributed by atoms with E-state index in [1.54, 1.807) is 4.90 Å². The summed E-state index contributed by atoms with van der Waals surface area (Å²) in [6, 6.07) is 6.08. The monoisotopic (exact) mass is 397 g/mol. The maximum absolute atomic E-state index is 12.2. The lowest BCUT2D eigenvalue weighted by molar-refractivity contribution is 0.0198.